The third-order valence-corrected chi connectivity index (χ3v) is 3.62. The highest BCUT2D eigenvalue weighted by molar-refractivity contribution is 5.79. The summed E-state index contributed by atoms with van der Waals surface area (Å²) in [6.07, 6.45) is 1.82. The van der Waals surface area contributed by atoms with Crippen LogP contribution in [0.4, 0.5) is 11.4 Å². The van der Waals surface area contributed by atoms with Gasteiger partial charge in [0.2, 0.25) is 5.91 Å². The molecule has 2 rings (SSSR count). The normalized spacial score (nSPS) is 17.1. The summed E-state index contributed by atoms with van der Waals surface area (Å²) in [5, 5.41) is 3.08. The van der Waals surface area contributed by atoms with Crippen LogP contribution in [0.1, 0.15) is 33.6 Å². The Morgan fingerprint density at radius 2 is 1.75 bits per heavy atom. The molecule has 1 aliphatic heterocycles. The first-order valence-electron chi connectivity index (χ1n) is 7.28. The molecule has 0 radical (unpaired) electrons. The molecule has 20 heavy (non-hydrogen) atoms. The fourth-order valence-electron chi connectivity index (χ4n) is 2.56. The fourth-order valence-corrected chi connectivity index (χ4v) is 2.56. The maximum Gasteiger partial charge on any atom is 0.223 e. The van der Waals surface area contributed by atoms with Gasteiger partial charge < -0.3 is 16.0 Å². The lowest BCUT2D eigenvalue weighted by molar-refractivity contribution is -0.127. The van der Waals surface area contributed by atoms with Crippen molar-refractivity contribution in [3.8, 4) is 0 Å². The summed E-state index contributed by atoms with van der Waals surface area (Å²) in [4.78, 5) is 14.5. The molecular formula is C16H25N3O. The van der Waals surface area contributed by atoms with E-state index in [2.05, 4.69) is 10.2 Å². The molecule has 0 saturated carbocycles. The molecule has 1 saturated heterocycles. The summed E-state index contributed by atoms with van der Waals surface area (Å²) < 4.78 is 0. The first-order chi connectivity index (χ1) is 9.35. The summed E-state index contributed by atoms with van der Waals surface area (Å²) in [5.41, 5.74) is 7.53. The topological polar surface area (TPSA) is 58.4 Å². The molecule has 0 spiro atoms. The number of carbonyl (C=O) groups is 1. The number of anilines is 2. The zero-order chi connectivity index (χ0) is 14.8. The minimum absolute atomic E-state index is 0.138. The van der Waals surface area contributed by atoms with Crippen molar-refractivity contribution in [2.75, 3.05) is 23.7 Å². The van der Waals surface area contributed by atoms with Crippen LogP contribution >= 0.6 is 0 Å². The Morgan fingerprint density at radius 1 is 1.20 bits per heavy atom. The van der Waals surface area contributed by atoms with E-state index in [4.69, 9.17) is 5.73 Å². The highest BCUT2D eigenvalue weighted by atomic mass is 16.2. The van der Waals surface area contributed by atoms with Crippen molar-refractivity contribution in [3.05, 3.63) is 24.3 Å². The molecule has 0 bridgehead atoms. The lowest BCUT2D eigenvalue weighted by Gasteiger charge is -2.34. The second kappa shape index (κ2) is 5.73. The molecule has 1 aromatic carbocycles. The number of nitrogens with one attached hydrogen (secondary N) is 1. The van der Waals surface area contributed by atoms with E-state index in [1.165, 1.54) is 5.69 Å². The molecule has 0 atom stereocenters. The minimum Gasteiger partial charge on any atom is -0.399 e. The van der Waals surface area contributed by atoms with Gasteiger partial charge in [-0.15, -0.1) is 0 Å². The number of nitrogens with zero attached hydrogens (tertiary/aromatic N) is 1. The predicted molar refractivity (Wildman–Crippen MR) is 83.7 cm³/mol. The molecule has 0 unspecified atom stereocenters. The van der Waals surface area contributed by atoms with Crippen molar-refractivity contribution < 1.29 is 4.79 Å². The summed E-state index contributed by atoms with van der Waals surface area (Å²) >= 11 is 0. The number of amides is 1. The van der Waals surface area contributed by atoms with E-state index in [0.29, 0.717) is 0 Å². The Morgan fingerprint density at radius 3 is 2.25 bits per heavy atom. The monoisotopic (exact) mass is 275 g/mol. The van der Waals surface area contributed by atoms with Crippen LogP contribution < -0.4 is 16.0 Å². The van der Waals surface area contributed by atoms with Gasteiger partial charge in [-0.3, -0.25) is 4.79 Å². The van der Waals surface area contributed by atoms with Crippen molar-refractivity contribution in [2.45, 2.75) is 39.2 Å². The van der Waals surface area contributed by atoms with Gasteiger partial charge in [-0.1, -0.05) is 0 Å². The van der Waals surface area contributed by atoms with Gasteiger partial charge in [0.05, 0.1) is 0 Å². The Bertz CT molecular complexity index is 454. The van der Waals surface area contributed by atoms with Crippen LogP contribution in [-0.2, 0) is 4.79 Å². The Labute approximate surface area is 121 Å². The van der Waals surface area contributed by atoms with Crippen molar-refractivity contribution in [3.63, 3.8) is 0 Å². The molecule has 110 valence electrons. The molecule has 1 fully saturated rings. The van der Waals surface area contributed by atoms with Crippen molar-refractivity contribution in [1.29, 1.82) is 0 Å². The van der Waals surface area contributed by atoms with Gasteiger partial charge in [-0.25, -0.2) is 0 Å². The average Bonchev–Trinajstić information content (AvgIpc) is 2.38. The quantitative estimate of drug-likeness (QED) is 0.815. The van der Waals surface area contributed by atoms with E-state index >= 15 is 0 Å². The maximum atomic E-state index is 12.2. The standard InChI is InChI=1S/C16H25N3O/c1-16(2,3)18-15(20)12-8-10-19(11-9-12)14-6-4-13(17)5-7-14/h4-7,12H,8-11,17H2,1-3H3,(H,18,20). The van der Waals surface area contributed by atoms with Crippen LogP contribution in [-0.4, -0.2) is 24.5 Å². The lowest BCUT2D eigenvalue weighted by Crippen LogP contribution is -2.47. The van der Waals surface area contributed by atoms with E-state index in [0.717, 1.165) is 31.6 Å². The smallest absolute Gasteiger partial charge is 0.223 e. The average molecular weight is 275 g/mol. The number of nitrogens with two attached hydrogens (primary N) is 1. The van der Waals surface area contributed by atoms with Crippen LogP contribution in [0.3, 0.4) is 0 Å². The van der Waals surface area contributed by atoms with E-state index < -0.39 is 0 Å². The number of hydrogen-bond donors (Lipinski definition) is 2. The van der Waals surface area contributed by atoms with E-state index in [9.17, 15) is 4.79 Å². The molecule has 1 aromatic rings. The van der Waals surface area contributed by atoms with Crippen LogP contribution in [0.5, 0.6) is 0 Å². The summed E-state index contributed by atoms with van der Waals surface area (Å²) in [6, 6.07) is 7.94. The summed E-state index contributed by atoms with van der Waals surface area (Å²) in [7, 11) is 0. The van der Waals surface area contributed by atoms with Crippen LogP contribution in [0.2, 0.25) is 0 Å². The van der Waals surface area contributed by atoms with Gasteiger partial charge in [0, 0.05) is 35.9 Å². The predicted octanol–water partition coefficient (Wildman–Crippen LogP) is 2.40. The molecule has 0 aromatic heterocycles. The number of benzene rings is 1. The number of rotatable bonds is 2. The molecular weight excluding hydrogens is 250 g/mol. The van der Waals surface area contributed by atoms with Crippen LogP contribution in [0, 0.1) is 5.92 Å². The second-order valence-corrected chi connectivity index (χ2v) is 6.59. The molecule has 1 aliphatic rings. The van der Waals surface area contributed by atoms with Crippen molar-refractivity contribution >= 4 is 17.3 Å². The zero-order valence-electron chi connectivity index (χ0n) is 12.6. The molecule has 0 aliphatic carbocycles. The first kappa shape index (κ1) is 14.7. The molecule has 3 N–H and O–H groups in total. The SMILES string of the molecule is CC(C)(C)NC(=O)C1CCN(c2ccc(N)cc2)CC1. The van der Waals surface area contributed by atoms with Crippen LogP contribution in [0.25, 0.3) is 0 Å². The third kappa shape index (κ3) is 3.89. The molecule has 1 heterocycles. The number of hydrogen-bond acceptors (Lipinski definition) is 3. The second-order valence-electron chi connectivity index (χ2n) is 6.59. The van der Waals surface area contributed by atoms with Gasteiger partial charge in [-0.2, -0.15) is 0 Å². The summed E-state index contributed by atoms with van der Waals surface area (Å²) in [6.45, 7) is 7.91. The van der Waals surface area contributed by atoms with Gasteiger partial charge in [0.1, 0.15) is 0 Å². The van der Waals surface area contributed by atoms with Crippen molar-refractivity contribution in [2.24, 2.45) is 5.92 Å². The number of piperidine rings is 1. The highest BCUT2D eigenvalue weighted by Gasteiger charge is 2.27. The van der Waals surface area contributed by atoms with Crippen molar-refractivity contribution in [1.82, 2.24) is 5.32 Å². The Balaban J connectivity index is 1.89. The zero-order valence-corrected chi connectivity index (χ0v) is 12.6. The Kier molecular flexibility index (Phi) is 4.21. The van der Waals surface area contributed by atoms with E-state index in [1.54, 1.807) is 0 Å². The first-order valence-corrected chi connectivity index (χ1v) is 7.28. The fraction of sp³-hybridized carbons (Fsp3) is 0.562. The summed E-state index contributed by atoms with van der Waals surface area (Å²) in [5.74, 6) is 0.328. The highest BCUT2D eigenvalue weighted by Crippen LogP contribution is 2.24. The molecule has 1 amide bonds. The minimum atomic E-state index is -0.148. The van der Waals surface area contributed by atoms with Crippen LogP contribution in [0.15, 0.2) is 24.3 Å². The van der Waals surface area contributed by atoms with Gasteiger partial charge in [0.25, 0.3) is 0 Å². The maximum absolute atomic E-state index is 12.2. The van der Waals surface area contributed by atoms with E-state index in [1.807, 2.05) is 45.0 Å². The molecule has 4 nitrogen and oxygen atoms in total. The lowest BCUT2D eigenvalue weighted by atomic mass is 9.94. The molecule has 4 heteroatoms. The largest absolute Gasteiger partial charge is 0.399 e. The van der Waals surface area contributed by atoms with Gasteiger partial charge in [0.15, 0.2) is 0 Å². The number of nitrogen functional groups attached to an aromatic ring is 1. The van der Waals surface area contributed by atoms with Gasteiger partial charge >= 0.3 is 0 Å². The third-order valence-electron chi connectivity index (χ3n) is 3.62. The van der Waals surface area contributed by atoms with Gasteiger partial charge in [-0.05, 0) is 57.9 Å². The number of carbonyl (C=O) groups excluding carboxylic acids is 1. The van der Waals surface area contributed by atoms with E-state index in [-0.39, 0.29) is 17.4 Å². The Hall–Kier alpha value is -1.71.